The van der Waals surface area contributed by atoms with E-state index in [-0.39, 0.29) is 20.1 Å². The second kappa shape index (κ2) is 5.19. The summed E-state index contributed by atoms with van der Waals surface area (Å²) in [5.74, 6) is 0. The minimum Gasteiger partial charge on any atom is -0.340 e. The van der Waals surface area contributed by atoms with E-state index in [1.165, 1.54) is 58.5 Å². The fraction of sp³-hybridized carbons (Fsp3) is 0.211. The van der Waals surface area contributed by atoms with Crippen LogP contribution in [0.5, 0.6) is 0 Å². The standard InChI is InChI=1S/C19H15N2.Ir/c1-2-6-14-13(5-1)9-10-16-18(14)15-7-3-4-8-17(15)21-12-11-20-19(16)21;/h3-4,7-9,11-12H,1-2,5-6H2;/q-1;. The van der Waals surface area contributed by atoms with E-state index in [0.717, 1.165) is 5.65 Å². The van der Waals surface area contributed by atoms with Gasteiger partial charge >= 0.3 is 0 Å². The Labute approximate surface area is 142 Å². The maximum absolute atomic E-state index is 4.58. The van der Waals surface area contributed by atoms with Crippen molar-refractivity contribution in [2.24, 2.45) is 0 Å². The molecule has 0 aliphatic heterocycles. The molecule has 2 heterocycles. The van der Waals surface area contributed by atoms with Crippen molar-refractivity contribution in [1.82, 2.24) is 9.38 Å². The number of fused-ring (bicyclic) bond motifs is 8. The fourth-order valence-electron chi connectivity index (χ4n) is 3.81. The van der Waals surface area contributed by atoms with Crippen LogP contribution in [-0.4, -0.2) is 9.38 Å². The predicted octanol–water partition coefficient (Wildman–Crippen LogP) is 4.32. The van der Waals surface area contributed by atoms with Gasteiger partial charge in [-0.3, -0.25) is 4.98 Å². The van der Waals surface area contributed by atoms with Crippen LogP contribution in [-0.2, 0) is 32.9 Å². The molecule has 0 atom stereocenters. The summed E-state index contributed by atoms with van der Waals surface area (Å²) in [6.45, 7) is 0. The molecule has 4 aromatic rings. The van der Waals surface area contributed by atoms with Crippen LogP contribution in [0.15, 0.2) is 42.7 Å². The first-order valence-corrected chi connectivity index (χ1v) is 7.63. The van der Waals surface area contributed by atoms with Gasteiger partial charge in [-0.1, -0.05) is 48.2 Å². The number of aromatic nitrogens is 2. The van der Waals surface area contributed by atoms with Gasteiger partial charge in [0.05, 0.1) is 5.65 Å². The molecule has 1 radical (unpaired) electrons. The van der Waals surface area contributed by atoms with Crippen molar-refractivity contribution < 1.29 is 20.1 Å². The van der Waals surface area contributed by atoms with Crippen molar-refractivity contribution in [3.8, 4) is 0 Å². The monoisotopic (exact) mass is 464 g/mol. The third-order valence-electron chi connectivity index (χ3n) is 4.75. The number of benzene rings is 2. The van der Waals surface area contributed by atoms with Crippen molar-refractivity contribution in [2.45, 2.75) is 25.7 Å². The van der Waals surface area contributed by atoms with Crippen molar-refractivity contribution in [1.29, 1.82) is 0 Å². The molecule has 0 unspecified atom stereocenters. The van der Waals surface area contributed by atoms with Crippen molar-refractivity contribution in [3.05, 3.63) is 59.9 Å². The summed E-state index contributed by atoms with van der Waals surface area (Å²) in [5.41, 5.74) is 5.27. The zero-order valence-corrected chi connectivity index (χ0v) is 14.5. The molecule has 2 aromatic heterocycles. The average molecular weight is 464 g/mol. The molecule has 0 fully saturated rings. The molecule has 2 nitrogen and oxygen atoms in total. The van der Waals surface area contributed by atoms with Gasteiger partial charge in [-0.15, -0.1) is 23.3 Å². The van der Waals surface area contributed by atoms with E-state index in [9.17, 15) is 0 Å². The molecule has 0 spiro atoms. The first-order chi connectivity index (χ1) is 10.4. The van der Waals surface area contributed by atoms with Crippen LogP contribution in [0, 0.1) is 6.07 Å². The van der Waals surface area contributed by atoms with E-state index in [0.29, 0.717) is 0 Å². The maximum atomic E-state index is 4.58. The molecule has 22 heavy (non-hydrogen) atoms. The Morgan fingerprint density at radius 2 is 1.95 bits per heavy atom. The zero-order chi connectivity index (χ0) is 13.8. The normalized spacial score (nSPS) is 14.2. The summed E-state index contributed by atoms with van der Waals surface area (Å²) in [6.07, 6.45) is 8.89. The molecular formula is C19H15IrN2-. The Balaban J connectivity index is 0.00000125. The van der Waals surface area contributed by atoms with Crippen molar-refractivity contribution in [3.63, 3.8) is 0 Å². The molecule has 1 aliphatic carbocycles. The number of pyridine rings is 1. The first-order valence-electron chi connectivity index (χ1n) is 7.63. The van der Waals surface area contributed by atoms with Crippen LogP contribution < -0.4 is 0 Å². The van der Waals surface area contributed by atoms with Crippen LogP contribution in [0.4, 0.5) is 0 Å². The van der Waals surface area contributed by atoms with E-state index in [1.54, 1.807) is 0 Å². The average Bonchev–Trinajstić information content (AvgIpc) is 3.04. The van der Waals surface area contributed by atoms with E-state index >= 15 is 0 Å². The van der Waals surface area contributed by atoms with E-state index in [2.05, 4.69) is 45.8 Å². The number of para-hydroxylation sites is 1. The van der Waals surface area contributed by atoms with E-state index in [1.807, 2.05) is 12.4 Å². The van der Waals surface area contributed by atoms with Gasteiger partial charge in [-0.2, -0.15) is 0 Å². The van der Waals surface area contributed by atoms with Gasteiger partial charge in [0.15, 0.2) is 0 Å². The predicted molar refractivity (Wildman–Crippen MR) is 85.7 cm³/mol. The summed E-state index contributed by atoms with van der Waals surface area (Å²) in [4.78, 5) is 4.58. The topological polar surface area (TPSA) is 17.3 Å². The Bertz CT molecular complexity index is 1000. The summed E-state index contributed by atoms with van der Waals surface area (Å²) in [7, 11) is 0. The molecule has 0 bridgehead atoms. The summed E-state index contributed by atoms with van der Waals surface area (Å²) < 4.78 is 2.18. The third kappa shape index (κ3) is 1.79. The SMILES string of the molecule is [Ir].[c-]1cc2c(c3c1c1nccn1c1ccccc31)CCCC2. The van der Waals surface area contributed by atoms with Crippen LogP contribution in [0.25, 0.3) is 27.3 Å². The molecule has 5 rings (SSSR count). The van der Waals surface area contributed by atoms with Gasteiger partial charge in [-0.25, -0.2) is 0 Å². The van der Waals surface area contributed by atoms with E-state index < -0.39 is 0 Å². The number of nitrogens with zero attached hydrogens (tertiary/aromatic N) is 2. The van der Waals surface area contributed by atoms with Crippen molar-refractivity contribution >= 4 is 27.3 Å². The number of hydrogen-bond donors (Lipinski definition) is 0. The molecular weight excluding hydrogens is 448 g/mol. The van der Waals surface area contributed by atoms with Crippen LogP contribution >= 0.6 is 0 Å². The largest absolute Gasteiger partial charge is 0.340 e. The van der Waals surface area contributed by atoms with Gasteiger partial charge in [0, 0.05) is 38.0 Å². The van der Waals surface area contributed by atoms with E-state index in [4.69, 9.17) is 0 Å². The number of aryl methyl sites for hydroxylation is 2. The Hall–Kier alpha value is -1.70. The molecule has 0 amide bonds. The smallest absolute Gasteiger partial charge is 0.0608 e. The Morgan fingerprint density at radius 1 is 1.09 bits per heavy atom. The van der Waals surface area contributed by atoms with Crippen LogP contribution in [0.2, 0.25) is 0 Å². The fourth-order valence-corrected chi connectivity index (χ4v) is 3.81. The Morgan fingerprint density at radius 3 is 2.91 bits per heavy atom. The zero-order valence-electron chi connectivity index (χ0n) is 12.1. The van der Waals surface area contributed by atoms with Crippen molar-refractivity contribution in [2.75, 3.05) is 0 Å². The third-order valence-corrected chi connectivity index (χ3v) is 4.75. The maximum Gasteiger partial charge on any atom is 0.0608 e. The molecule has 111 valence electrons. The minimum absolute atomic E-state index is 0. The molecule has 3 heteroatoms. The van der Waals surface area contributed by atoms with Gasteiger partial charge in [-0.05, 0) is 17.9 Å². The second-order valence-electron chi connectivity index (χ2n) is 5.89. The van der Waals surface area contributed by atoms with Gasteiger partial charge in [0.1, 0.15) is 0 Å². The molecule has 0 N–H and O–H groups in total. The van der Waals surface area contributed by atoms with Gasteiger partial charge in [0.2, 0.25) is 0 Å². The van der Waals surface area contributed by atoms with Gasteiger partial charge < -0.3 is 4.40 Å². The first kappa shape index (κ1) is 13.9. The number of hydrogen-bond acceptors (Lipinski definition) is 1. The summed E-state index contributed by atoms with van der Waals surface area (Å²) in [5, 5.41) is 3.87. The second-order valence-corrected chi connectivity index (χ2v) is 5.89. The van der Waals surface area contributed by atoms with Crippen LogP contribution in [0.1, 0.15) is 24.0 Å². The van der Waals surface area contributed by atoms with Crippen LogP contribution in [0.3, 0.4) is 0 Å². The summed E-state index contributed by atoms with van der Waals surface area (Å²) >= 11 is 0. The Kier molecular flexibility index (Phi) is 3.28. The van der Waals surface area contributed by atoms with Gasteiger partial charge in [0.25, 0.3) is 0 Å². The summed E-state index contributed by atoms with van der Waals surface area (Å²) in [6, 6.07) is 14.4. The quantitative estimate of drug-likeness (QED) is 0.281. The molecule has 2 aromatic carbocycles. The number of rotatable bonds is 0. The minimum atomic E-state index is 0. The molecule has 1 aliphatic rings. The molecule has 0 saturated carbocycles. The molecule has 0 saturated heterocycles. The number of imidazole rings is 1.